The van der Waals surface area contributed by atoms with Crippen LogP contribution in [-0.4, -0.2) is 28.2 Å². The number of hydrogen-bond acceptors (Lipinski definition) is 5. The van der Waals surface area contributed by atoms with Gasteiger partial charge in [-0.2, -0.15) is 0 Å². The van der Waals surface area contributed by atoms with E-state index in [4.69, 9.17) is 5.11 Å². The number of hydrogen-bond donors (Lipinski definition) is 2. The maximum atomic E-state index is 10.4. The van der Waals surface area contributed by atoms with E-state index in [1.807, 2.05) is 0 Å². The number of aliphatic hydroxyl groups excluding tert-OH is 1. The summed E-state index contributed by atoms with van der Waals surface area (Å²) in [5.74, 6) is 0.602. The fourth-order valence-corrected chi connectivity index (χ4v) is 1.44. The summed E-state index contributed by atoms with van der Waals surface area (Å²) in [6, 6.07) is 2.99. The van der Waals surface area contributed by atoms with Gasteiger partial charge in [0.05, 0.1) is 11.5 Å². The third-order valence-corrected chi connectivity index (χ3v) is 2.90. The van der Waals surface area contributed by atoms with Gasteiger partial charge in [-0.25, -0.2) is 4.98 Å². The first kappa shape index (κ1) is 10.8. The number of aliphatic hydroxyl groups is 1. The molecule has 1 aromatic rings. The van der Waals surface area contributed by atoms with E-state index in [0.717, 1.165) is 12.8 Å². The quantitative estimate of drug-likeness (QED) is 0.578. The van der Waals surface area contributed by atoms with Gasteiger partial charge in [0.15, 0.2) is 0 Å². The predicted molar refractivity (Wildman–Crippen MR) is 58.1 cm³/mol. The first-order valence-electron chi connectivity index (χ1n) is 5.10. The highest BCUT2D eigenvalue weighted by Crippen LogP contribution is 2.44. The molecular weight excluding hydrogens is 210 g/mol. The van der Waals surface area contributed by atoms with E-state index in [-0.39, 0.29) is 17.7 Å². The van der Waals surface area contributed by atoms with Crippen LogP contribution in [0.4, 0.5) is 11.5 Å². The van der Waals surface area contributed by atoms with Gasteiger partial charge in [0, 0.05) is 18.0 Å². The average Bonchev–Trinajstić information content (AvgIpc) is 3.08. The minimum absolute atomic E-state index is 0.00343. The molecular formula is C10H13N3O3. The molecule has 1 saturated carbocycles. The number of aromatic nitrogens is 1. The van der Waals surface area contributed by atoms with E-state index in [9.17, 15) is 10.1 Å². The van der Waals surface area contributed by atoms with Gasteiger partial charge in [0.2, 0.25) is 0 Å². The van der Waals surface area contributed by atoms with Crippen LogP contribution in [0.25, 0.3) is 0 Å². The molecule has 2 N–H and O–H groups in total. The van der Waals surface area contributed by atoms with Crippen LogP contribution in [0.3, 0.4) is 0 Å². The van der Waals surface area contributed by atoms with Crippen LogP contribution in [0.2, 0.25) is 0 Å². The average molecular weight is 223 g/mol. The molecule has 1 aliphatic carbocycles. The molecule has 0 bridgehead atoms. The van der Waals surface area contributed by atoms with E-state index in [1.54, 1.807) is 6.07 Å². The highest BCUT2D eigenvalue weighted by molar-refractivity contribution is 5.40. The minimum Gasteiger partial charge on any atom is -0.396 e. The summed E-state index contributed by atoms with van der Waals surface area (Å²) in [5, 5.41) is 22.6. The molecule has 0 aromatic carbocycles. The van der Waals surface area contributed by atoms with Crippen molar-refractivity contribution in [3.63, 3.8) is 0 Å². The van der Waals surface area contributed by atoms with Crippen molar-refractivity contribution in [2.75, 3.05) is 18.5 Å². The van der Waals surface area contributed by atoms with Crippen molar-refractivity contribution in [3.05, 3.63) is 28.4 Å². The Morgan fingerprint density at radius 3 is 2.75 bits per heavy atom. The monoisotopic (exact) mass is 223 g/mol. The fourth-order valence-electron chi connectivity index (χ4n) is 1.44. The second kappa shape index (κ2) is 4.05. The van der Waals surface area contributed by atoms with Crippen LogP contribution in [-0.2, 0) is 0 Å². The van der Waals surface area contributed by atoms with E-state index < -0.39 is 4.92 Å². The molecule has 6 heteroatoms. The predicted octanol–water partition coefficient (Wildman–Crippen LogP) is 1.17. The summed E-state index contributed by atoms with van der Waals surface area (Å²) in [4.78, 5) is 13.8. The highest BCUT2D eigenvalue weighted by Gasteiger charge is 2.41. The zero-order chi connectivity index (χ0) is 11.6. The summed E-state index contributed by atoms with van der Waals surface area (Å²) >= 11 is 0. The molecule has 0 amide bonds. The summed E-state index contributed by atoms with van der Waals surface area (Å²) in [7, 11) is 0. The lowest BCUT2D eigenvalue weighted by Crippen LogP contribution is -2.19. The van der Waals surface area contributed by atoms with Crippen molar-refractivity contribution in [2.24, 2.45) is 5.41 Å². The Kier molecular flexibility index (Phi) is 2.74. The lowest BCUT2D eigenvalue weighted by atomic mass is 10.1. The van der Waals surface area contributed by atoms with Crippen molar-refractivity contribution in [3.8, 4) is 0 Å². The summed E-state index contributed by atoms with van der Waals surface area (Å²) in [5.41, 5.74) is -0.0162. The minimum atomic E-state index is -0.479. The van der Waals surface area contributed by atoms with Crippen LogP contribution >= 0.6 is 0 Å². The van der Waals surface area contributed by atoms with Crippen LogP contribution in [0.1, 0.15) is 12.8 Å². The molecule has 86 valence electrons. The molecule has 0 spiro atoms. The molecule has 0 radical (unpaired) electrons. The van der Waals surface area contributed by atoms with Gasteiger partial charge in [-0.05, 0) is 18.9 Å². The first-order chi connectivity index (χ1) is 7.65. The standard InChI is InChI=1S/C10H13N3O3/c14-7-10(3-4-10)6-12-9-2-1-8(5-11-9)13(15)16/h1-2,5,14H,3-4,6-7H2,(H,11,12). The third kappa shape index (κ3) is 2.27. The maximum Gasteiger partial charge on any atom is 0.287 e. The number of pyridine rings is 1. The van der Waals surface area contributed by atoms with E-state index in [0.29, 0.717) is 12.4 Å². The molecule has 1 aromatic heterocycles. The summed E-state index contributed by atoms with van der Waals surface area (Å²) < 4.78 is 0. The fraction of sp³-hybridized carbons (Fsp3) is 0.500. The van der Waals surface area contributed by atoms with Gasteiger partial charge in [-0.3, -0.25) is 10.1 Å². The van der Waals surface area contributed by atoms with Crippen LogP contribution in [0.5, 0.6) is 0 Å². The van der Waals surface area contributed by atoms with Crippen molar-refractivity contribution in [2.45, 2.75) is 12.8 Å². The Morgan fingerprint density at radius 2 is 2.31 bits per heavy atom. The number of nitrogens with one attached hydrogen (secondary N) is 1. The first-order valence-corrected chi connectivity index (χ1v) is 5.10. The molecule has 0 aliphatic heterocycles. The van der Waals surface area contributed by atoms with Gasteiger partial charge >= 0.3 is 0 Å². The second-order valence-electron chi connectivity index (χ2n) is 4.17. The van der Waals surface area contributed by atoms with Gasteiger partial charge in [-0.15, -0.1) is 0 Å². The van der Waals surface area contributed by atoms with Crippen LogP contribution in [0.15, 0.2) is 18.3 Å². The van der Waals surface area contributed by atoms with Crippen molar-refractivity contribution < 1.29 is 10.0 Å². The SMILES string of the molecule is O=[N+]([O-])c1ccc(NCC2(CO)CC2)nc1. The van der Waals surface area contributed by atoms with Crippen LogP contribution in [0, 0.1) is 15.5 Å². The lowest BCUT2D eigenvalue weighted by molar-refractivity contribution is -0.385. The normalized spacial score (nSPS) is 16.8. The van der Waals surface area contributed by atoms with Gasteiger partial charge < -0.3 is 10.4 Å². The van der Waals surface area contributed by atoms with Crippen molar-refractivity contribution in [1.29, 1.82) is 0 Å². The number of anilines is 1. The summed E-state index contributed by atoms with van der Waals surface area (Å²) in [6.45, 7) is 0.835. The Balaban J connectivity index is 1.93. The smallest absolute Gasteiger partial charge is 0.287 e. The Morgan fingerprint density at radius 1 is 1.56 bits per heavy atom. The lowest BCUT2D eigenvalue weighted by Gasteiger charge is -2.12. The van der Waals surface area contributed by atoms with Crippen molar-refractivity contribution >= 4 is 11.5 Å². The molecule has 2 rings (SSSR count). The van der Waals surface area contributed by atoms with E-state index >= 15 is 0 Å². The highest BCUT2D eigenvalue weighted by atomic mass is 16.6. The molecule has 0 atom stereocenters. The topological polar surface area (TPSA) is 88.3 Å². The molecule has 0 unspecified atom stereocenters. The molecule has 6 nitrogen and oxygen atoms in total. The third-order valence-electron chi connectivity index (χ3n) is 2.90. The maximum absolute atomic E-state index is 10.4. The van der Waals surface area contributed by atoms with Crippen molar-refractivity contribution in [1.82, 2.24) is 4.98 Å². The zero-order valence-electron chi connectivity index (χ0n) is 8.72. The van der Waals surface area contributed by atoms with E-state index in [2.05, 4.69) is 10.3 Å². The molecule has 1 heterocycles. The van der Waals surface area contributed by atoms with Gasteiger partial charge in [0.1, 0.15) is 12.0 Å². The number of nitro groups is 1. The summed E-state index contributed by atoms with van der Waals surface area (Å²) in [6.07, 6.45) is 3.26. The molecule has 16 heavy (non-hydrogen) atoms. The molecule has 1 fully saturated rings. The molecule has 0 saturated heterocycles. The Bertz CT molecular complexity index is 387. The Labute approximate surface area is 92.5 Å². The number of nitrogens with zero attached hydrogens (tertiary/aromatic N) is 2. The Hall–Kier alpha value is -1.69. The number of rotatable bonds is 5. The van der Waals surface area contributed by atoms with Crippen LogP contribution < -0.4 is 5.32 Å². The second-order valence-corrected chi connectivity index (χ2v) is 4.17. The van der Waals surface area contributed by atoms with Gasteiger partial charge in [0.25, 0.3) is 5.69 Å². The largest absolute Gasteiger partial charge is 0.396 e. The molecule has 1 aliphatic rings. The zero-order valence-corrected chi connectivity index (χ0v) is 8.72. The van der Waals surface area contributed by atoms with E-state index in [1.165, 1.54) is 12.3 Å². The van der Waals surface area contributed by atoms with Gasteiger partial charge in [-0.1, -0.05) is 0 Å².